The predicted octanol–water partition coefficient (Wildman–Crippen LogP) is 2.81. The summed E-state index contributed by atoms with van der Waals surface area (Å²) >= 11 is 0. The fraction of sp³-hybridized carbons (Fsp3) is 0.412. The minimum absolute atomic E-state index is 0.246. The molecule has 0 radical (unpaired) electrons. The van der Waals surface area contributed by atoms with Crippen LogP contribution in [0, 0.1) is 12.7 Å². The quantitative estimate of drug-likeness (QED) is 0.940. The van der Waals surface area contributed by atoms with Gasteiger partial charge in [-0.2, -0.15) is 0 Å². The number of benzene rings is 1. The zero-order valence-electron chi connectivity index (χ0n) is 13.6. The zero-order valence-corrected chi connectivity index (χ0v) is 13.6. The highest BCUT2D eigenvalue weighted by atomic mass is 19.1. The van der Waals surface area contributed by atoms with Gasteiger partial charge in [0, 0.05) is 37.9 Å². The Labute approximate surface area is 136 Å². The van der Waals surface area contributed by atoms with Crippen LogP contribution in [0.5, 0.6) is 0 Å². The molecular formula is C17H22FN5. The van der Waals surface area contributed by atoms with Crippen LogP contribution in [0.25, 0.3) is 0 Å². The highest BCUT2D eigenvalue weighted by molar-refractivity contribution is 5.59. The standard InChI is InChI=1S/C17H22FN5/c1-3-22-8-10-23(11-9-22)17-12-16(19-13(2)20-17)21-15-6-4-14(18)5-7-15/h4-7,12H,3,8-11H2,1-2H3,(H,19,20,21). The van der Waals surface area contributed by atoms with Crippen LogP contribution in [-0.4, -0.2) is 47.6 Å². The summed E-state index contributed by atoms with van der Waals surface area (Å²) in [7, 11) is 0. The van der Waals surface area contributed by atoms with Gasteiger partial charge < -0.3 is 15.1 Å². The minimum atomic E-state index is -0.246. The smallest absolute Gasteiger partial charge is 0.136 e. The number of likely N-dealkylation sites (N-methyl/N-ethyl adjacent to an activating group) is 1. The van der Waals surface area contributed by atoms with Crippen molar-refractivity contribution < 1.29 is 4.39 Å². The first-order valence-electron chi connectivity index (χ1n) is 7.99. The van der Waals surface area contributed by atoms with Crippen LogP contribution in [0.1, 0.15) is 12.7 Å². The Morgan fingerprint density at radius 2 is 1.78 bits per heavy atom. The van der Waals surface area contributed by atoms with E-state index in [0.29, 0.717) is 0 Å². The molecule has 5 nitrogen and oxygen atoms in total. The Bertz CT molecular complexity index is 651. The van der Waals surface area contributed by atoms with Crippen LogP contribution in [0.15, 0.2) is 30.3 Å². The van der Waals surface area contributed by atoms with E-state index >= 15 is 0 Å². The molecule has 0 atom stereocenters. The van der Waals surface area contributed by atoms with E-state index in [-0.39, 0.29) is 5.82 Å². The lowest BCUT2D eigenvalue weighted by atomic mass is 10.3. The van der Waals surface area contributed by atoms with Crippen molar-refractivity contribution in [2.45, 2.75) is 13.8 Å². The van der Waals surface area contributed by atoms with Gasteiger partial charge in [0.05, 0.1) is 0 Å². The lowest BCUT2D eigenvalue weighted by molar-refractivity contribution is 0.270. The third kappa shape index (κ3) is 3.96. The molecule has 1 aromatic carbocycles. The molecule has 0 aliphatic carbocycles. The van der Waals surface area contributed by atoms with Gasteiger partial charge in [0.25, 0.3) is 0 Å². The molecule has 23 heavy (non-hydrogen) atoms. The molecule has 0 unspecified atom stereocenters. The summed E-state index contributed by atoms with van der Waals surface area (Å²) in [4.78, 5) is 13.7. The summed E-state index contributed by atoms with van der Waals surface area (Å²) in [6.07, 6.45) is 0. The molecule has 0 amide bonds. The van der Waals surface area contributed by atoms with Crippen LogP contribution in [0.4, 0.5) is 21.7 Å². The minimum Gasteiger partial charge on any atom is -0.354 e. The molecular weight excluding hydrogens is 293 g/mol. The van der Waals surface area contributed by atoms with Crippen molar-refractivity contribution in [3.8, 4) is 0 Å². The molecule has 6 heteroatoms. The van der Waals surface area contributed by atoms with Gasteiger partial charge in [-0.05, 0) is 37.7 Å². The Kier molecular flexibility index (Phi) is 4.71. The second kappa shape index (κ2) is 6.91. The second-order valence-corrected chi connectivity index (χ2v) is 5.71. The first kappa shape index (κ1) is 15.7. The molecule has 3 rings (SSSR count). The summed E-state index contributed by atoms with van der Waals surface area (Å²) in [5, 5.41) is 3.22. The van der Waals surface area contributed by atoms with Crippen molar-refractivity contribution in [3.05, 3.63) is 42.0 Å². The van der Waals surface area contributed by atoms with E-state index in [4.69, 9.17) is 0 Å². The van der Waals surface area contributed by atoms with Gasteiger partial charge in [-0.25, -0.2) is 14.4 Å². The molecule has 0 bridgehead atoms. The second-order valence-electron chi connectivity index (χ2n) is 5.71. The topological polar surface area (TPSA) is 44.3 Å². The molecule has 1 aromatic heterocycles. The summed E-state index contributed by atoms with van der Waals surface area (Å²) in [6.45, 7) is 9.23. The highest BCUT2D eigenvalue weighted by Gasteiger charge is 2.17. The first-order valence-corrected chi connectivity index (χ1v) is 7.99. The van der Waals surface area contributed by atoms with Gasteiger partial charge in [-0.3, -0.25) is 0 Å². The molecule has 1 fully saturated rings. The average molecular weight is 315 g/mol. The number of anilines is 3. The van der Waals surface area contributed by atoms with Crippen molar-refractivity contribution in [1.29, 1.82) is 0 Å². The van der Waals surface area contributed by atoms with Crippen molar-refractivity contribution in [2.75, 3.05) is 42.9 Å². The monoisotopic (exact) mass is 315 g/mol. The molecule has 1 saturated heterocycles. The van der Waals surface area contributed by atoms with Gasteiger partial charge in [-0.15, -0.1) is 0 Å². The van der Waals surface area contributed by atoms with Crippen molar-refractivity contribution in [3.63, 3.8) is 0 Å². The fourth-order valence-electron chi connectivity index (χ4n) is 2.75. The third-order valence-corrected chi connectivity index (χ3v) is 4.08. The molecule has 0 saturated carbocycles. The molecule has 122 valence electrons. The SMILES string of the molecule is CCN1CCN(c2cc(Nc3ccc(F)cc3)nc(C)n2)CC1. The fourth-order valence-corrected chi connectivity index (χ4v) is 2.75. The maximum Gasteiger partial charge on any atom is 0.136 e. The average Bonchev–Trinajstić information content (AvgIpc) is 2.56. The largest absolute Gasteiger partial charge is 0.354 e. The van der Waals surface area contributed by atoms with Crippen LogP contribution in [0.3, 0.4) is 0 Å². The molecule has 1 N–H and O–H groups in total. The molecule has 2 aromatic rings. The molecule has 2 heterocycles. The van der Waals surface area contributed by atoms with E-state index in [0.717, 1.165) is 55.9 Å². The van der Waals surface area contributed by atoms with Gasteiger partial charge in [0.1, 0.15) is 23.3 Å². The number of nitrogens with one attached hydrogen (secondary N) is 1. The Morgan fingerprint density at radius 1 is 1.09 bits per heavy atom. The van der Waals surface area contributed by atoms with Crippen LogP contribution in [-0.2, 0) is 0 Å². The number of piperazine rings is 1. The Hall–Kier alpha value is -2.21. The van der Waals surface area contributed by atoms with Crippen LogP contribution >= 0.6 is 0 Å². The van der Waals surface area contributed by atoms with Crippen molar-refractivity contribution in [1.82, 2.24) is 14.9 Å². The summed E-state index contributed by atoms with van der Waals surface area (Å²) in [5.41, 5.74) is 0.811. The van der Waals surface area contributed by atoms with Crippen LogP contribution < -0.4 is 10.2 Å². The van der Waals surface area contributed by atoms with Crippen molar-refractivity contribution >= 4 is 17.3 Å². The van der Waals surface area contributed by atoms with E-state index in [9.17, 15) is 4.39 Å². The lowest BCUT2D eigenvalue weighted by Crippen LogP contribution is -2.46. The number of hydrogen-bond acceptors (Lipinski definition) is 5. The normalized spacial score (nSPS) is 15.7. The summed E-state index contributed by atoms with van der Waals surface area (Å²) in [6, 6.07) is 8.22. The van der Waals surface area contributed by atoms with E-state index in [1.807, 2.05) is 13.0 Å². The third-order valence-electron chi connectivity index (χ3n) is 4.08. The Balaban J connectivity index is 1.75. The van der Waals surface area contributed by atoms with Gasteiger partial charge >= 0.3 is 0 Å². The number of aromatic nitrogens is 2. The first-order chi connectivity index (χ1) is 11.1. The maximum atomic E-state index is 13.0. The van der Waals surface area contributed by atoms with E-state index in [1.165, 1.54) is 12.1 Å². The summed E-state index contributed by atoms with van der Waals surface area (Å²) in [5.74, 6) is 2.16. The van der Waals surface area contributed by atoms with Crippen molar-refractivity contribution in [2.24, 2.45) is 0 Å². The lowest BCUT2D eigenvalue weighted by Gasteiger charge is -2.34. The van der Waals surface area contributed by atoms with Crippen LogP contribution in [0.2, 0.25) is 0 Å². The molecule has 0 spiro atoms. The number of hydrogen-bond donors (Lipinski definition) is 1. The summed E-state index contributed by atoms with van der Waals surface area (Å²) < 4.78 is 13.0. The number of rotatable bonds is 4. The number of nitrogens with zero attached hydrogens (tertiary/aromatic N) is 4. The zero-order chi connectivity index (χ0) is 16.2. The van der Waals surface area contributed by atoms with Gasteiger partial charge in [0.2, 0.25) is 0 Å². The van der Waals surface area contributed by atoms with E-state index in [2.05, 4.69) is 32.0 Å². The maximum absolute atomic E-state index is 13.0. The number of halogens is 1. The van der Waals surface area contributed by atoms with Gasteiger partial charge in [0.15, 0.2) is 0 Å². The molecule has 1 aliphatic rings. The van der Waals surface area contributed by atoms with E-state index < -0.39 is 0 Å². The van der Waals surface area contributed by atoms with E-state index in [1.54, 1.807) is 12.1 Å². The predicted molar refractivity (Wildman–Crippen MR) is 90.8 cm³/mol. The number of aryl methyl sites for hydroxylation is 1. The highest BCUT2D eigenvalue weighted by Crippen LogP contribution is 2.21. The molecule has 1 aliphatic heterocycles. The van der Waals surface area contributed by atoms with Gasteiger partial charge in [-0.1, -0.05) is 6.92 Å². The Morgan fingerprint density at radius 3 is 2.43 bits per heavy atom.